The molecule has 0 aliphatic carbocycles. The van der Waals surface area contributed by atoms with Gasteiger partial charge in [-0.3, -0.25) is 4.68 Å². The minimum atomic E-state index is -0.195. The number of hydrogen-bond donors (Lipinski definition) is 1. The van der Waals surface area contributed by atoms with Crippen LogP contribution in [-0.4, -0.2) is 22.9 Å². The lowest BCUT2D eigenvalue weighted by atomic mass is 10.0. The fraction of sp³-hybridized carbons (Fsp3) is 0.400. The zero-order chi connectivity index (χ0) is 14.7. The molecular formula is C15H19BrFN3. The molecule has 0 saturated heterocycles. The lowest BCUT2D eigenvalue weighted by Crippen LogP contribution is -2.30. The summed E-state index contributed by atoms with van der Waals surface area (Å²) >= 11 is 3.59. The Morgan fingerprint density at radius 3 is 2.45 bits per heavy atom. The smallest absolute Gasteiger partial charge is 0.123 e. The molecule has 0 spiro atoms. The normalized spacial score (nSPS) is 12.7. The molecule has 1 heterocycles. The number of hydrogen-bond acceptors (Lipinski definition) is 2. The predicted molar refractivity (Wildman–Crippen MR) is 82.3 cm³/mol. The van der Waals surface area contributed by atoms with Crippen molar-refractivity contribution in [2.24, 2.45) is 7.05 Å². The Labute approximate surface area is 127 Å². The Hall–Kier alpha value is -1.20. The average molecular weight is 340 g/mol. The van der Waals surface area contributed by atoms with Gasteiger partial charge >= 0.3 is 0 Å². The van der Waals surface area contributed by atoms with E-state index in [0.717, 1.165) is 28.6 Å². The van der Waals surface area contributed by atoms with E-state index in [1.807, 2.05) is 37.8 Å². The second-order valence-electron chi connectivity index (χ2n) is 4.99. The minimum absolute atomic E-state index is 0.195. The van der Waals surface area contributed by atoms with Crippen LogP contribution in [0.4, 0.5) is 4.39 Å². The molecule has 0 amide bonds. The maximum atomic E-state index is 12.9. The van der Waals surface area contributed by atoms with Crippen LogP contribution in [0.1, 0.15) is 17.0 Å². The average Bonchev–Trinajstić information content (AvgIpc) is 2.66. The maximum Gasteiger partial charge on any atom is 0.123 e. The second kappa shape index (κ2) is 6.50. The molecule has 0 fully saturated rings. The zero-order valence-electron chi connectivity index (χ0n) is 12.0. The molecule has 5 heteroatoms. The van der Waals surface area contributed by atoms with Crippen molar-refractivity contribution >= 4 is 15.9 Å². The van der Waals surface area contributed by atoms with Crippen LogP contribution in [-0.2, 0) is 19.9 Å². The number of rotatable bonds is 5. The highest BCUT2D eigenvalue weighted by atomic mass is 79.9. The molecule has 1 aromatic carbocycles. The van der Waals surface area contributed by atoms with E-state index >= 15 is 0 Å². The molecule has 1 atom stereocenters. The van der Waals surface area contributed by atoms with Crippen molar-refractivity contribution in [1.82, 2.24) is 15.1 Å². The van der Waals surface area contributed by atoms with Crippen molar-refractivity contribution in [3.8, 4) is 0 Å². The van der Waals surface area contributed by atoms with Gasteiger partial charge in [-0.1, -0.05) is 12.1 Å². The van der Waals surface area contributed by atoms with Crippen molar-refractivity contribution < 1.29 is 4.39 Å². The largest absolute Gasteiger partial charge is 0.316 e. The number of nitrogens with zero attached hydrogens (tertiary/aromatic N) is 2. The van der Waals surface area contributed by atoms with E-state index in [4.69, 9.17) is 0 Å². The highest BCUT2D eigenvalue weighted by molar-refractivity contribution is 9.10. The minimum Gasteiger partial charge on any atom is -0.316 e. The Bertz CT molecular complexity index is 578. The Morgan fingerprint density at radius 2 is 1.95 bits per heavy atom. The van der Waals surface area contributed by atoms with Crippen LogP contribution in [0.5, 0.6) is 0 Å². The van der Waals surface area contributed by atoms with Crippen LogP contribution in [0.3, 0.4) is 0 Å². The quantitative estimate of drug-likeness (QED) is 0.907. The lowest BCUT2D eigenvalue weighted by Gasteiger charge is -2.17. The van der Waals surface area contributed by atoms with Gasteiger partial charge in [0.15, 0.2) is 0 Å². The standard InChI is InChI=1S/C15H19BrFN3/c1-10-15(16)14(20(3)19-10)9-13(18-2)8-11-4-6-12(17)7-5-11/h4-7,13,18H,8-9H2,1-3H3. The predicted octanol–water partition coefficient (Wildman–Crippen LogP) is 3.00. The lowest BCUT2D eigenvalue weighted by molar-refractivity contribution is 0.532. The van der Waals surface area contributed by atoms with Gasteiger partial charge in [0, 0.05) is 19.5 Å². The summed E-state index contributed by atoms with van der Waals surface area (Å²) in [5.41, 5.74) is 3.30. The number of nitrogens with one attached hydrogen (secondary N) is 1. The summed E-state index contributed by atoms with van der Waals surface area (Å²) in [6.45, 7) is 1.99. The summed E-state index contributed by atoms with van der Waals surface area (Å²) in [6, 6.07) is 6.97. The van der Waals surface area contributed by atoms with Gasteiger partial charge in [0.1, 0.15) is 5.82 Å². The monoisotopic (exact) mass is 339 g/mol. The van der Waals surface area contributed by atoms with Gasteiger partial charge < -0.3 is 5.32 Å². The summed E-state index contributed by atoms with van der Waals surface area (Å²) in [7, 11) is 3.91. The summed E-state index contributed by atoms with van der Waals surface area (Å²) in [5.74, 6) is -0.195. The van der Waals surface area contributed by atoms with E-state index < -0.39 is 0 Å². The third-order valence-electron chi connectivity index (χ3n) is 3.50. The van der Waals surface area contributed by atoms with Crippen LogP contribution in [0, 0.1) is 12.7 Å². The Morgan fingerprint density at radius 1 is 1.30 bits per heavy atom. The first-order valence-electron chi connectivity index (χ1n) is 6.61. The molecule has 0 radical (unpaired) electrons. The summed E-state index contributed by atoms with van der Waals surface area (Å²) in [4.78, 5) is 0. The van der Waals surface area contributed by atoms with Gasteiger partial charge in [-0.15, -0.1) is 0 Å². The molecule has 1 N–H and O–H groups in total. The van der Waals surface area contributed by atoms with Gasteiger partial charge in [0.2, 0.25) is 0 Å². The van der Waals surface area contributed by atoms with Gasteiger partial charge in [-0.2, -0.15) is 5.10 Å². The number of aromatic nitrogens is 2. The van der Waals surface area contributed by atoms with E-state index in [1.165, 1.54) is 17.8 Å². The SMILES string of the molecule is CNC(Cc1ccc(F)cc1)Cc1c(Br)c(C)nn1C. The molecule has 1 unspecified atom stereocenters. The summed E-state index contributed by atoms with van der Waals surface area (Å²) in [6.07, 6.45) is 1.72. The molecule has 20 heavy (non-hydrogen) atoms. The van der Waals surface area contributed by atoms with Crippen LogP contribution < -0.4 is 5.32 Å². The maximum absolute atomic E-state index is 12.9. The van der Waals surface area contributed by atoms with Crippen LogP contribution in [0.25, 0.3) is 0 Å². The first-order chi connectivity index (χ1) is 9.51. The van der Waals surface area contributed by atoms with Gasteiger partial charge in [-0.05, 0) is 54.0 Å². The molecule has 0 aliphatic heterocycles. The Kier molecular flexibility index (Phi) is 4.94. The first kappa shape index (κ1) is 15.2. The van der Waals surface area contributed by atoms with Crippen molar-refractivity contribution in [3.05, 3.63) is 51.5 Å². The van der Waals surface area contributed by atoms with E-state index in [1.54, 1.807) is 0 Å². The van der Waals surface area contributed by atoms with Gasteiger partial charge in [0.05, 0.1) is 15.9 Å². The van der Waals surface area contributed by atoms with Gasteiger partial charge in [0.25, 0.3) is 0 Å². The van der Waals surface area contributed by atoms with E-state index in [2.05, 4.69) is 26.3 Å². The molecule has 2 aromatic rings. The fourth-order valence-corrected chi connectivity index (χ4v) is 2.81. The number of likely N-dealkylation sites (N-methyl/N-ethyl adjacent to an activating group) is 1. The first-order valence-corrected chi connectivity index (χ1v) is 7.40. The molecule has 0 bridgehead atoms. The molecule has 1 aromatic heterocycles. The summed E-state index contributed by atoms with van der Waals surface area (Å²) in [5, 5.41) is 7.73. The van der Waals surface area contributed by atoms with Crippen LogP contribution >= 0.6 is 15.9 Å². The van der Waals surface area contributed by atoms with E-state index in [0.29, 0.717) is 0 Å². The van der Waals surface area contributed by atoms with Crippen LogP contribution in [0.2, 0.25) is 0 Å². The molecule has 0 saturated carbocycles. The Balaban J connectivity index is 2.11. The van der Waals surface area contributed by atoms with E-state index in [9.17, 15) is 4.39 Å². The van der Waals surface area contributed by atoms with Crippen molar-refractivity contribution in [3.63, 3.8) is 0 Å². The third-order valence-corrected chi connectivity index (χ3v) is 4.54. The van der Waals surface area contributed by atoms with E-state index in [-0.39, 0.29) is 11.9 Å². The zero-order valence-corrected chi connectivity index (χ0v) is 13.5. The molecule has 108 valence electrons. The molecule has 2 rings (SSSR count). The molecule has 0 aliphatic rings. The third kappa shape index (κ3) is 3.46. The number of aryl methyl sites for hydroxylation is 2. The second-order valence-corrected chi connectivity index (χ2v) is 5.78. The fourth-order valence-electron chi connectivity index (χ4n) is 2.32. The molecule has 3 nitrogen and oxygen atoms in total. The summed E-state index contributed by atoms with van der Waals surface area (Å²) < 4.78 is 15.9. The van der Waals surface area contributed by atoms with Crippen molar-refractivity contribution in [2.45, 2.75) is 25.8 Å². The van der Waals surface area contributed by atoms with Gasteiger partial charge in [-0.25, -0.2) is 4.39 Å². The van der Waals surface area contributed by atoms with Crippen LogP contribution in [0.15, 0.2) is 28.7 Å². The van der Waals surface area contributed by atoms with Crippen molar-refractivity contribution in [1.29, 1.82) is 0 Å². The molecular weight excluding hydrogens is 321 g/mol. The highest BCUT2D eigenvalue weighted by Crippen LogP contribution is 2.22. The van der Waals surface area contributed by atoms with Crippen molar-refractivity contribution in [2.75, 3.05) is 7.05 Å². The number of halogens is 2. The number of benzene rings is 1. The topological polar surface area (TPSA) is 29.9 Å². The highest BCUT2D eigenvalue weighted by Gasteiger charge is 2.16.